The molecule has 0 spiro atoms. The zero-order valence-corrected chi connectivity index (χ0v) is 14.3. The average molecular weight is 357 g/mol. The van der Waals surface area contributed by atoms with Crippen molar-refractivity contribution in [2.24, 2.45) is 0 Å². The minimum Gasteiger partial charge on any atom is -0.305 e. The Morgan fingerprint density at radius 1 is 1.40 bits per heavy atom. The Morgan fingerprint density at radius 2 is 2.15 bits per heavy atom. The molecule has 0 saturated carbocycles. The fraction of sp³-hybridized carbons (Fsp3) is 0.400. The van der Waals surface area contributed by atoms with E-state index in [2.05, 4.69) is 65.3 Å². The Labute approximate surface area is 133 Å². The molecule has 108 valence electrons. The van der Waals surface area contributed by atoms with E-state index >= 15 is 0 Å². The molecular formula is C15H19BrClN3. The first-order chi connectivity index (χ1) is 9.58. The summed E-state index contributed by atoms with van der Waals surface area (Å²) in [5.74, 6) is 0. The van der Waals surface area contributed by atoms with Crippen molar-refractivity contribution in [2.75, 3.05) is 6.54 Å². The molecule has 2 rings (SSSR count). The minimum atomic E-state index is 0.0323. The van der Waals surface area contributed by atoms with E-state index in [0.29, 0.717) is 5.02 Å². The summed E-state index contributed by atoms with van der Waals surface area (Å²) in [5.41, 5.74) is 3.42. The Morgan fingerprint density at radius 3 is 2.75 bits per heavy atom. The summed E-state index contributed by atoms with van der Waals surface area (Å²) < 4.78 is 3.03. The van der Waals surface area contributed by atoms with Gasteiger partial charge >= 0.3 is 0 Å². The lowest BCUT2D eigenvalue weighted by molar-refractivity contribution is 0.541. The molecule has 0 saturated heterocycles. The predicted octanol–water partition coefficient (Wildman–Crippen LogP) is 4.33. The smallest absolute Gasteiger partial charge is 0.0837 e. The molecule has 1 aromatic carbocycles. The quantitative estimate of drug-likeness (QED) is 0.864. The van der Waals surface area contributed by atoms with Crippen molar-refractivity contribution in [3.8, 4) is 0 Å². The molecule has 5 heteroatoms. The number of halogens is 2. The van der Waals surface area contributed by atoms with Crippen LogP contribution in [-0.2, 0) is 6.54 Å². The highest BCUT2D eigenvalue weighted by Crippen LogP contribution is 2.33. The molecule has 2 aromatic rings. The van der Waals surface area contributed by atoms with E-state index in [-0.39, 0.29) is 6.04 Å². The molecule has 0 fully saturated rings. The number of nitrogens with zero attached hydrogens (tertiary/aromatic N) is 2. The van der Waals surface area contributed by atoms with Gasteiger partial charge in [-0.2, -0.15) is 5.10 Å². The average Bonchev–Trinajstić information content (AvgIpc) is 2.78. The minimum absolute atomic E-state index is 0.0323. The van der Waals surface area contributed by atoms with E-state index in [0.717, 1.165) is 23.3 Å². The molecule has 0 amide bonds. The van der Waals surface area contributed by atoms with E-state index in [4.69, 9.17) is 11.6 Å². The van der Waals surface area contributed by atoms with Crippen molar-refractivity contribution in [2.45, 2.75) is 33.4 Å². The third-order valence-corrected chi connectivity index (χ3v) is 4.26. The molecule has 1 N–H and O–H groups in total. The molecule has 0 aliphatic carbocycles. The maximum absolute atomic E-state index is 6.35. The van der Waals surface area contributed by atoms with Crippen molar-refractivity contribution in [1.29, 1.82) is 0 Å². The Bertz CT molecular complexity index is 595. The van der Waals surface area contributed by atoms with Gasteiger partial charge in [0.15, 0.2) is 0 Å². The molecular weight excluding hydrogens is 338 g/mol. The van der Waals surface area contributed by atoms with Crippen LogP contribution in [0.5, 0.6) is 0 Å². The summed E-state index contributed by atoms with van der Waals surface area (Å²) in [6.07, 6.45) is 1.72. The number of rotatable bonds is 5. The van der Waals surface area contributed by atoms with Gasteiger partial charge in [0.25, 0.3) is 0 Å². The summed E-state index contributed by atoms with van der Waals surface area (Å²) in [5, 5.41) is 8.54. The standard InChI is InChI=1S/C15H19BrClN3/c1-4-18-14(11-7-6-10(3)8-12(11)16)15-13(17)9-19-20(15)5-2/h6-9,14,18H,4-5H2,1-3H3. The van der Waals surface area contributed by atoms with E-state index in [1.54, 1.807) is 6.20 Å². The lowest BCUT2D eigenvalue weighted by atomic mass is 10.0. The van der Waals surface area contributed by atoms with Crippen LogP contribution in [-0.4, -0.2) is 16.3 Å². The van der Waals surface area contributed by atoms with Crippen molar-refractivity contribution < 1.29 is 0 Å². The summed E-state index contributed by atoms with van der Waals surface area (Å²) in [7, 11) is 0. The molecule has 1 unspecified atom stereocenters. The number of aromatic nitrogens is 2. The van der Waals surface area contributed by atoms with Crippen LogP contribution in [0.15, 0.2) is 28.9 Å². The monoisotopic (exact) mass is 355 g/mol. The summed E-state index contributed by atoms with van der Waals surface area (Å²) in [4.78, 5) is 0. The van der Waals surface area contributed by atoms with Gasteiger partial charge in [0.1, 0.15) is 0 Å². The Kier molecular flexibility index (Phi) is 5.24. The SMILES string of the molecule is CCNC(c1ccc(C)cc1Br)c1c(Cl)cnn1CC. The second kappa shape index (κ2) is 6.74. The number of hydrogen-bond acceptors (Lipinski definition) is 2. The van der Waals surface area contributed by atoms with Crippen molar-refractivity contribution in [3.05, 3.63) is 50.7 Å². The molecule has 20 heavy (non-hydrogen) atoms. The second-order valence-corrected chi connectivity index (χ2v) is 5.97. The van der Waals surface area contributed by atoms with Crippen LogP contribution < -0.4 is 5.32 Å². The predicted molar refractivity (Wildman–Crippen MR) is 87.3 cm³/mol. The zero-order chi connectivity index (χ0) is 14.7. The number of benzene rings is 1. The third kappa shape index (κ3) is 3.08. The van der Waals surface area contributed by atoms with Gasteiger partial charge in [-0.3, -0.25) is 4.68 Å². The molecule has 1 atom stereocenters. The van der Waals surface area contributed by atoms with Gasteiger partial charge in [-0.1, -0.05) is 46.6 Å². The van der Waals surface area contributed by atoms with Crippen molar-refractivity contribution in [3.63, 3.8) is 0 Å². The number of nitrogens with one attached hydrogen (secondary N) is 1. The van der Waals surface area contributed by atoms with Gasteiger partial charge in [-0.15, -0.1) is 0 Å². The second-order valence-electron chi connectivity index (χ2n) is 4.71. The van der Waals surface area contributed by atoms with E-state index in [1.165, 1.54) is 11.1 Å². The van der Waals surface area contributed by atoms with Gasteiger partial charge < -0.3 is 5.32 Å². The Hall–Kier alpha value is -0.840. The largest absolute Gasteiger partial charge is 0.305 e. The molecule has 1 aromatic heterocycles. The van der Waals surface area contributed by atoms with Crippen LogP contribution in [0.1, 0.15) is 36.7 Å². The fourth-order valence-corrected chi connectivity index (χ4v) is 3.31. The van der Waals surface area contributed by atoms with Crippen LogP contribution >= 0.6 is 27.5 Å². The van der Waals surface area contributed by atoms with Crippen LogP contribution in [0.25, 0.3) is 0 Å². The third-order valence-electron chi connectivity index (χ3n) is 3.28. The molecule has 0 radical (unpaired) electrons. The summed E-state index contributed by atoms with van der Waals surface area (Å²) in [6, 6.07) is 6.41. The van der Waals surface area contributed by atoms with Crippen molar-refractivity contribution in [1.82, 2.24) is 15.1 Å². The van der Waals surface area contributed by atoms with E-state index < -0.39 is 0 Å². The molecule has 1 heterocycles. The fourth-order valence-electron chi connectivity index (χ4n) is 2.34. The maximum Gasteiger partial charge on any atom is 0.0837 e. The molecule has 0 bridgehead atoms. The zero-order valence-electron chi connectivity index (χ0n) is 12.0. The summed E-state index contributed by atoms with van der Waals surface area (Å²) >= 11 is 10.0. The van der Waals surface area contributed by atoms with Crippen LogP contribution in [0, 0.1) is 6.92 Å². The van der Waals surface area contributed by atoms with Gasteiger partial charge in [0, 0.05) is 11.0 Å². The van der Waals surface area contributed by atoms with Crippen LogP contribution in [0.4, 0.5) is 0 Å². The molecule has 3 nitrogen and oxygen atoms in total. The van der Waals surface area contributed by atoms with E-state index in [9.17, 15) is 0 Å². The normalized spacial score (nSPS) is 12.7. The first-order valence-corrected chi connectivity index (χ1v) is 7.96. The van der Waals surface area contributed by atoms with Gasteiger partial charge in [0.2, 0.25) is 0 Å². The Balaban J connectivity index is 2.53. The van der Waals surface area contributed by atoms with Gasteiger partial charge in [-0.25, -0.2) is 0 Å². The first kappa shape index (κ1) is 15.5. The lowest BCUT2D eigenvalue weighted by Crippen LogP contribution is -2.25. The first-order valence-electron chi connectivity index (χ1n) is 6.79. The van der Waals surface area contributed by atoms with Gasteiger partial charge in [0.05, 0.1) is 23.0 Å². The van der Waals surface area contributed by atoms with Crippen LogP contribution in [0.2, 0.25) is 5.02 Å². The number of hydrogen-bond donors (Lipinski definition) is 1. The van der Waals surface area contributed by atoms with Crippen molar-refractivity contribution >= 4 is 27.5 Å². The maximum atomic E-state index is 6.35. The summed E-state index contributed by atoms with van der Waals surface area (Å²) in [6.45, 7) is 7.90. The molecule has 0 aliphatic heterocycles. The lowest BCUT2D eigenvalue weighted by Gasteiger charge is -2.21. The number of aryl methyl sites for hydroxylation is 2. The highest BCUT2D eigenvalue weighted by molar-refractivity contribution is 9.10. The highest BCUT2D eigenvalue weighted by atomic mass is 79.9. The van der Waals surface area contributed by atoms with Gasteiger partial charge in [-0.05, 0) is 37.6 Å². The highest BCUT2D eigenvalue weighted by Gasteiger charge is 2.22. The van der Waals surface area contributed by atoms with E-state index in [1.807, 2.05) is 4.68 Å². The van der Waals surface area contributed by atoms with Crippen LogP contribution in [0.3, 0.4) is 0 Å². The topological polar surface area (TPSA) is 29.9 Å². The molecule has 0 aliphatic rings.